The number of hydrogen-bond donors (Lipinski definition) is 0. The third kappa shape index (κ3) is 3.17. The summed E-state index contributed by atoms with van der Waals surface area (Å²) in [5.41, 5.74) is 2.17. The van der Waals surface area contributed by atoms with E-state index in [9.17, 15) is 4.79 Å². The van der Waals surface area contributed by atoms with Crippen LogP contribution < -0.4 is 0 Å². The number of ketones is 1. The molecule has 0 bridgehead atoms. The number of carbonyl (C=O) groups is 1. The van der Waals surface area contributed by atoms with E-state index >= 15 is 0 Å². The summed E-state index contributed by atoms with van der Waals surface area (Å²) in [6.45, 7) is 3.99. The van der Waals surface area contributed by atoms with Crippen molar-refractivity contribution >= 4 is 11.4 Å². The molecule has 0 N–H and O–H groups in total. The van der Waals surface area contributed by atoms with Crippen LogP contribution in [0.2, 0.25) is 0 Å². The standard InChI is InChI=1S/C13H16O/c1-3-7-13(14)10-11(2)12-8-5-4-6-9-12/h4-6,8-10H,3,7H2,1-2H3. The molecule has 1 nitrogen and oxygen atoms in total. The van der Waals surface area contributed by atoms with Gasteiger partial charge in [-0.2, -0.15) is 0 Å². The van der Waals surface area contributed by atoms with Gasteiger partial charge in [0.1, 0.15) is 0 Å². The van der Waals surface area contributed by atoms with Gasteiger partial charge in [-0.05, 0) is 30.6 Å². The highest BCUT2D eigenvalue weighted by molar-refractivity contribution is 5.96. The summed E-state index contributed by atoms with van der Waals surface area (Å²) in [4.78, 5) is 11.4. The Morgan fingerprint density at radius 2 is 1.93 bits per heavy atom. The molecular weight excluding hydrogens is 172 g/mol. The van der Waals surface area contributed by atoms with E-state index < -0.39 is 0 Å². The molecule has 0 aliphatic carbocycles. The Hall–Kier alpha value is -1.37. The number of rotatable bonds is 4. The highest BCUT2D eigenvalue weighted by Crippen LogP contribution is 2.13. The Kier molecular flexibility index (Phi) is 4.11. The van der Waals surface area contributed by atoms with Gasteiger partial charge >= 0.3 is 0 Å². The molecule has 0 unspecified atom stereocenters. The van der Waals surface area contributed by atoms with Crippen molar-refractivity contribution in [2.24, 2.45) is 0 Å². The van der Waals surface area contributed by atoms with E-state index in [0.29, 0.717) is 6.42 Å². The van der Waals surface area contributed by atoms with Gasteiger partial charge in [-0.1, -0.05) is 37.3 Å². The van der Waals surface area contributed by atoms with Crippen LogP contribution in [-0.2, 0) is 4.79 Å². The molecule has 1 aromatic rings. The highest BCUT2D eigenvalue weighted by atomic mass is 16.1. The minimum absolute atomic E-state index is 0.217. The zero-order chi connectivity index (χ0) is 10.4. The molecule has 0 fully saturated rings. The number of hydrogen-bond acceptors (Lipinski definition) is 1. The van der Waals surface area contributed by atoms with E-state index in [0.717, 1.165) is 17.6 Å². The first kappa shape index (κ1) is 10.7. The Labute approximate surface area is 85.5 Å². The summed E-state index contributed by atoms with van der Waals surface area (Å²) in [5, 5.41) is 0. The smallest absolute Gasteiger partial charge is 0.155 e. The zero-order valence-corrected chi connectivity index (χ0v) is 8.79. The SMILES string of the molecule is CCCC(=O)C=C(C)c1ccccc1. The lowest BCUT2D eigenvalue weighted by Crippen LogP contribution is -1.92. The largest absolute Gasteiger partial charge is 0.295 e. The number of carbonyl (C=O) groups excluding carboxylic acids is 1. The number of benzene rings is 1. The van der Waals surface area contributed by atoms with E-state index in [2.05, 4.69) is 0 Å². The van der Waals surface area contributed by atoms with Crippen LogP contribution in [0.3, 0.4) is 0 Å². The van der Waals surface area contributed by atoms with Crippen LogP contribution in [0.1, 0.15) is 32.3 Å². The van der Waals surface area contributed by atoms with Crippen LogP contribution in [0, 0.1) is 0 Å². The summed E-state index contributed by atoms with van der Waals surface area (Å²) in [7, 11) is 0. The van der Waals surface area contributed by atoms with Gasteiger partial charge in [0.25, 0.3) is 0 Å². The highest BCUT2D eigenvalue weighted by Gasteiger charge is 1.98. The average Bonchev–Trinajstić information content (AvgIpc) is 2.19. The molecule has 0 aliphatic rings. The third-order valence-corrected chi connectivity index (χ3v) is 2.10. The van der Waals surface area contributed by atoms with Crippen molar-refractivity contribution in [2.75, 3.05) is 0 Å². The second kappa shape index (κ2) is 5.38. The normalized spacial score (nSPS) is 11.4. The van der Waals surface area contributed by atoms with Crippen molar-refractivity contribution in [3.8, 4) is 0 Å². The maximum absolute atomic E-state index is 11.4. The van der Waals surface area contributed by atoms with Gasteiger partial charge in [0.15, 0.2) is 5.78 Å². The van der Waals surface area contributed by atoms with Gasteiger partial charge < -0.3 is 0 Å². The molecule has 74 valence electrons. The number of allylic oxidation sites excluding steroid dienone is 2. The molecule has 0 aliphatic heterocycles. The fourth-order valence-electron chi connectivity index (χ4n) is 1.34. The Morgan fingerprint density at radius 1 is 1.29 bits per heavy atom. The van der Waals surface area contributed by atoms with Crippen LogP contribution >= 0.6 is 0 Å². The van der Waals surface area contributed by atoms with Crippen LogP contribution in [0.25, 0.3) is 5.57 Å². The lowest BCUT2D eigenvalue weighted by Gasteiger charge is -1.99. The van der Waals surface area contributed by atoms with Crippen LogP contribution in [0.5, 0.6) is 0 Å². The van der Waals surface area contributed by atoms with E-state index in [4.69, 9.17) is 0 Å². The van der Waals surface area contributed by atoms with E-state index in [1.54, 1.807) is 6.08 Å². The molecule has 1 heteroatoms. The minimum atomic E-state index is 0.217. The molecule has 0 aromatic heterocycles. The van der Waals surface area contributed by atoms with Crippen molar-refractivity contribution in [1.82, 2.24) is 0 Å². The lowest BCUT2D eigenvalue weighted by atomic mass is 10.1. The fourth-order valence-corrected chi connectivity index (χ4v) is 1.34. The minimum Gasteiger partial charge on any atom is -0.295 e. The maximum Gasteiger partial charge on any atom is 0.155 e. The molecule has 0 amide bonds. The van der Waals surface area contributed by atoms with Gasteiger partial charge in [-0.15, -0.1) is 0 Å². The molecular formula is C13H16O. The molecule has 0 saturated carbocycles. The molecule has 1 rings (SSSR count). The second-order valence-corrected chi connectivity index (χ2v) is 3.41. The zero-order valence-electron chi connectivity index (χ0n) is 8.79. The average molecular weight is 188 g/mol. The van der Waals surface area contributed by atoms with Crippen LogP contribution in [-0.4, -0.2) is 5.78 Å². The maximum atomic E-state index is 11.4. The Bertz CT molecular complexity index is 322. The summed E-state index contributed by atoms with van der Waals surface area (Å²) < 4.78 is 0. The summed E-state index contributed by atoms with van der Waals surface area (Å²) in [6, 6.07) is 9.98. The third-order valence-electron chi connectivity index (χ3n) is 2.10. The van der Waals surface area contributed by atoms with Crippen molar-refractivity contribution in [1.29, 1.82) is 0 Å². The summed E-state index contributed by atoms with van der Waals surface area (Å²) in [5.74, 6) is 0.217. The van der Waals surface area contributed by atoms with Gasteiger partial charge in [0.2, 0.25) is 0 Å². The molecule has 0 atom stereocenters. The topological polar surface area (TPSA) is 17.1 Å². The predicted molar refractivity (Wildman–Crippen MR) is 60.0 cm³/mol. The van der Waals surface area contributed by atoms with Crippen molar-refractivity contribution in [3.63, 3.8) is 0 Å². The van der Waals surface area contributed by atoms with Crippen molar-refractivity contribution < 1.29 is 4.79 Å². The Balaban J connectivity index is 2.75. The van der Waals surface area contributed by atoms with E-state index in [1.807, 2.05) is 44.2 Å². The first-order valence-electron chi connectivity index (χ1n) is 5.00. The molecule has 1 aromatic carbocycles. The van der Waals surface area contributed by atoms with Gasteiger partial charge in [-0.25, -0.2) is 0 Å². The molecule has 14 heavy (non-hydrogen) atoms. The van der Waals surface area contributed by atoms with Crippen molar-refractivity contribution in [3.05, 3.63) is 42.0 Å². The predicted octanol–water partition coefficient (Wildman–Crippen LogP) is 3.46. The monoisotopic (exact) mass is 188 g/mol. The molecule has 0 radical (unpaired) electrons. The second-order valence-electron chi connectivity index (χ2n) is 3.41. The molecule has 0 spiro atoms. The van der Waals surface area contributed by atoms with Crippen LogP contribution in [0.15, 0.2) is 36.4 Å². The molecule has 0 saturated heterocycles. The first-order valence-corrected chi connectivity index (χ1v) is 5.00. The Morgan fingerprint density at radius 3 is 2.50 bits per heavy atom. The van der Waals surface area contributed by atoms with Gasteiger partial charge in [-0.3, -0.25) is 4.79 Å². The van der Waals surface area contributed by atoms with E-state index in [1.165, 1.54) is 0 Å². The van der Waals surface area contributed by atoms with Gasteiger partial charge in [0.05, 0.1) is 0 Å². The van der Waals surface area contributed by atoms with Gasteiger partial charge in [0, 0.05) is 6.42 Å². The molecule has 0 heterocycles. The lowest BCUT2D eigenvalue weighted by molar-refractivity contribution is -0.114. The van der Waals surface area contributed by atoms with E-state index in [-0.39, 0.29) is 5.78 Å². The quantitative estimate of drug-likeness (QED) is 0.661. The first-order chi connectivity index (χ1) is 6.74. The van der Waals surface area contributed by atoms with Crippen LogP contribution in [0.4, 0.5) is 0 Å². The summed E-state index contributed by atoms with van der Waals surface area (Å²) >= 11 is 0. The summed E-state index contributed by atoms with van der Waals surface area (Å²) in [6.07, 6.45) is 3.29. The van der Waals surface area contributed by atoms with Crippen molar-refractivity contribution in [2.45, 2.75) is 26.7 Å². The fraction of sp³-hybridized carbons (Fsp3) is 0.308.